The third kappa shape index (κ3) is 3.42. The molecule has 1 saturated carbocycles. The summed E-state index contributed by atoms with van der Waals surface area (Å²) < 4.78 is 0. The molecule has 0 saturated heterocycles. The van der Waals surface area contributed by atoms with E-state index in [4.69, 9.17) is 0 Å². The highest BCUT2D eigenvalue weighted by molar-refractivity contribution is 6.32. The lowest BCUT2D eigenvalue weighted by Gasteiger charge is -2.59. The van der Waals surface area contributed by atoms with Crippen LogP contribution < -0.4 is 0 Å². The molecule has 1 fully saturated rings. The van der Waals surface area contributed by atoms with Gasteiger partial charge in [0.25, 0.3) is 0 Å². The van der Waals surface area contributed by atoms with E-state index in [0.29, 0.717) is 6.42 Å². The molecule has 0 spiro atoms. The fourth-order valence-electron chi connectivity index (χ4n) is 5.23. The van der Waals surface area contributed by atoms with Crippen LogP contribution in [-0.4, -0.2) is 22.5 Å². The highest BCUT2D eigenvalue weighted by atomic mass is 16.3. The van der Waals surface area contributed by atoms with E-state index in [-0.39, 0.29) is 35.2 Å². The van der Waals surface area contributed by atoms with Crippen molar-refractivity contribution >= 4 is 17.3 Å². The van der Waals surface area contributed by atoms with Gasteiger partial charge in [0.1, 0.15) is 16.7 Å². The summed E-state index contributed by atoms with van der Waals surface area (Å²) >= 11 is 0. The van der Waals surface area contributed by atoms with Gasteiger partial charge in [-0.3, -0.25) is 14.4 Å². The van der Waals surface area contributed by atoms with Crippen molar-refractivity contribution in [2.24, 2.45) is 28.1 Å². The monoisotopic (exact) mass is 414 g/mol. The van der Waals surface area contributed by atoms with Crippen LogP contribution >= 0.6 is 0 Å². The molecule has 2 aliphatic rings. The minimum absolute atomic E-state index is 0.0162. The number of hydrogen-bond donors (Lipinski definition) is 1. The van der Waals surface area contributed by atoms with Gasteiger partial charge in [-0.2, -0.15) is 0 Å². The van der Waals surface area contributed by atoms with Crippen molar-refractivity contribution in [2.45, 2.75) is 81.6 Å². The number of aliphatic hydroxyl groups is 1. The molecule has 166 valence electrons. The zero-order chi connectivity index (χ0) is 23.2. The number of rotatable bonds is 6. The van der Waals surface area contributed by atoms with Gasteiger partial charge in [0.2, 0.25) is 0 Å². The summed E-state index contributed by atoms with van der Waals surface area (Å²) in [5.41, 5.74) is -1.20. The van der Waals surface area contributed by atoms with Crippen molar-refractivity contribution in [2.75, 3.05) is 0 Å². The summed E-state index contributed by atoms with van der Waals surface area (Å²) in [5, 5.41) is 11.1. The largest absolute Gasteiger partial charge is 0.510 e. The molecule has 30 heavy (non-hydrogen) atoms. The molecule has 4 nitrogen and oxygen atoms in total. The summed E-state index contributed by atoms with van der Waals surface area (Å²) in [5.74, 6) is -1.85. The summed E-state index contributed by atoms with van der Waals surface area (Å²) in [6, 6.07) is 0. The normalized spacial score (nSPS) is 30.4. The second-order valence-corrected chi connectivity index (χ2v) is 10.8. The Morgan fingerprint density at radius 1 is 1.07 bits per heavy atom. The molecule has 3 atom stereocenters. The van der Waals surface area contributed by atoms with E-state index in [1.807, 2.05) is 47.6 Å². The van der Waals surface area contributed by atoms with Crippen molar-refractivity contribution in [3.05, 3.63) is 34.6 Å². The Balaban J connectivity index is 2.87. The van der Waals surface area contributed by atoms with Crippen LogP contribution in [0.4, 0.5) is 0 Å². The average molecular weight is 415 g/mol. The van der Waals surface area contributed by atoms with Crippen molar-refractivity contribution in [1.82, 2.24) is 0 Å². The lowest BCUT2D eigenvalue weighted by molar-refractivity contribution is -0.170. The number of fused-ring (bicyclic) bond motifs is 2. The highest BCUT2D eigenvalue weighted by Crippen LogP contribution is 2.65. The predicted molar refractivity (Wildman–Crippen MR) is 120 cm³/mol. The van der Waals surface area contributed by atoms with Gasteiger partial charge in [0.15, 0.2) is 17.3 Å². The first kappa shape index (κ1) is 24.3. The van der Waals surface area contributed by atoms with Gasteiger partial charge in [-0.15, -0.1) is 0 Å². The SMILES string of the molecule is CC(C)=CCC1CC2(C)C(=O)C(CC=C(C)C)(C(=O)C(C(=O)C(C)C)=C2O)C1(C)C. The molecule has 0 amide bonds. The molecule has 3 unspecified atom stereocenters. The van der Waals surface area contributed by atoms with Crippen LogP contribution in [-0.2, 0) is 14.4 Å². The van der Waals surface area contributed by atoms with Crippen LogP contribution in [0, 0.1) is 28.1 Å². The quantitative estimate of drug-likeness (QED) is 0.332. The molecule has 0 aromatic heterocycles. The molecule has 0 radical (unpaired) electrons. The molecule has 2 bridgehead atoms. The number of allylic oxidation sites excluding steroid dienone is 6. The Bertz CT molecular complexity index is 859. The number of hydrogen-bond acceptors (Lipinski definition) is 4. The Morgan fingerprint density at radius 2 is 1.60 bits per heavy atom. The Hall–Kier alpha value is -1.97. The van der Waals surface area contributed by atoms with Gasteiger partial charge in [-0.1, -0.05) is 51.0 Å². The molecule has 0 aliphatic heterocycles. The van der Waals surface area contributed by atoms with Gasteiger partial charge in [-0.05, 0) is 65.2 Å². The van der Waals surface area contributed by atoms with Crippen LogP contribution in [0.3, 0.4) is 0 Å². The second kappa shape index (κ2) is 7.94. The highest BCUT2D eigenvalue weighted by Gasteiger charge is 2.71. The molecule has 1 N–H and O–H groups in total. The summed E-state index contributed by atoms with van der Waals surface area (Å²) in [6.07, 6.45) is 5.47. The van der Waals surface area contributed by atoms with E-state index in [0.717, 1.165) is 12.0 Å². The lowest BCUT2D eigenvalue weighted by atomic mass is 9.40. The molecule has 0 aromatic rings. The Morgan fingerprint density at radius 3 is 2.07 bits per heavy atom. The van der Waals surface area contributed by atoms with Gasteiger partial charge < -0.3 is 5.11 Å². The van der Waals surface area contributed by atoms with E-state index in [2.05, 4.69) is 6.08 Å². The Kier molecular flexibility index (Phi) is 6.43. The van der Waals surface area contributed by atoms with Crippen LogP contribution in [0.1, 0.15) is 81.6 Å². The van der Waals surface area contributed by atoms with Crippen molar-refractivity contribution < 1.29 is 19.5 Å². The minimum atomic E-state index is -1.36. The van der Waals surface area contributed by atoms with E-state index in [1.54, 1.807) is 20.8 Å². The number of ketones is 3. The minimum Gasteiger partial charge on any atom is -0.510 e. The van der Waals surface area contributed by atoms with E-state index in [1.165, 1.54) is 5.57 Å². The molecule has 0 aromatic carbocycles. The molecular weight excluding hydrogens is 376 g/mol. The lowest BCUT2D eigenvalue weighted by Crippen LogP contribution is -2.66. The van der Waals surface area contributed by atoms with Gasteiger partial charge in [0.05, 0.1) is 5.41 Å². The van der Waals surface area contributed by atoms with E-state index in [9.17, 15) is 19.5 Å². The third-order valence-corrected chi connectivity index (χ3v) is 7.44. The predicted octanol–water partition coefficient (Wildman–Crippen LogP) is 5.93. The maximum atomic E-state index is 14.0. The maximum Gasteiger partial charge on any atom is 0.184 e. The first-order valence-electron chi connectivity index (χ1n) is 11.0. The van der Waals surface area contributed by atoms with Gasteiger partial charge in [-0.25, -0.2) is 0 Å². The van der Waals surface area contributed by atoms with Gasteiger partial charge in [0, 0.05) is 5.92 Å². The molecule has 2 aliphatic carbocycles. The van der Waals surface area contributed by atoms with E-state index < -0.39 is 27.9 Å². The fourth-order valence-corrected chi connectivity index (χ4v) is 5.23. The topological polar surface area (TPSA) is 71.4 Å². The molecular formula is C26H38O4. The third-order valence-electron chi connectivity index (χ3n) is 7.44. The fraction of sp³-hybridized carbons (Fsp3) is 0.654. The number of Topliss-reactive ketones (excluding diaryl/α,β-unsaturated/α-hetero) is 3. The average Bonchev–Trinajstić information content (AvgIpc) is 2.62. The summed E-state index contributed by atoms with van der Waals surface area (Å²) in [7, 11) is 0. The Labute approximate surface area is 181 Å². The van der Waals surface area contributed by atoms with Crippen molar-refractivity contribution in [3.8, 4) is 0 Å². The van der Waals surface area contributed by atoms with Crippen LogP contribution in [0.15, 0.2) is 34.6 Å². The number of carbonyl (C=O) groups is 3. The number of aliphatic hydroxyl groups excluding tert-OH is 1. The zero-order valence-electron chi connectivity index (χ0n) is 20.1. The van der Waals surface area contributed by atoms with Gasteiger partial charge >= 0.3 is 0 Å². The van der Waals surface area contributed by atoms with E-state index >= 15 is 0 Å². The van der Waals surface area contributed by atoms with Crippen LogP contribution in [0.5, 0.6) is 0 Å². The maximum absolute atomic E-state index is 14.0. The van der Waals surface area contributed by atoms with Crippen LogP contribution in [0.2, 0.25) is 0 Å². The zero-order valence-corrected chi connectivity index (χ0v) is 20.1. The van der Waals surface area contributed by atoms with Crippen molar-refractivity contribution in [3.63, 3.8) is 0 Å². The standard InChI is InChI=1S/C26H38O4/c1-15(2)10-11-18-14-25(9)21(28)19(20(27)17(5)6)22(29)26(23(25)30,24(18,7)8)13-12-16(3)4/h10,12,17-18,28H,11,13-14H2,1-9H3. The molecule has 4 heteroatoms. The number of carbonyl (C=O) groups excluding carboxylic acids is 3. The van der Waals surface area contributed by atoms with Crippen molar-refractivity contribution in [1.29, 1.82) is 0 Å². The summed E-state index contributed by atoms with van der Waals surface area (Å²) in [4.78, 5) is 40.9. The first-order valence-corrected chi connectivity index (χ1v) is 11.0. The molecule has 2 rings (SSSR count). The molecule has 0 heterocycles. The first-order chi connectivity index (χ1) is 13.6. The van der Waals surface area contributed by atoms with Crippen LogP contribution in [0.25, 0.3) is 0 Å². The summed E-state index contributed by atoms with van der Waals surface area (Å²) in [6.45, 7) is 17.1. The smallest absolute Gasteiger partial charge is 0.184 e. The second-order valence-electron chi connectivity index (χ2n) is 10.8.